The Kier molecular flexibility index (Phi) is 6.33. The molecule has 94 valence electrons. The number of nitrogens with two attached hydrogens (primary N) is 1. The van der Waals surface area contributed by atoms with Gasteiger partial charge in [0.2, 0.25) is 0 Å². The molecule has 0 bridgehead atoms. The molecule has 0 spiro atoms. The Balaban J connectivity index is 2.27. The quantitative estimate of drug-likeness (QED) is 0.412. The number of hydrogen-bond donors (Lipinski definition) is 2. The number of nitrogen functional groups attached to an aromatic ring is 1. The van der Waals surface area contributed by atoms with Gasteiger partial charge in [0.05, 0.1) is 6.61 Å². The highest BCUT2D eigenvalue weighted by Gasteiger charge is 1.98. The standard InChI is InChI=1S/C14H22N2O/c1-2-3-4-5-9-17-11-12-7-6-8-13(10-12)14(15)16/h6-8,10H,2-5,9,11H2,1H3,(H3,15,16). The Morgan fingerprint density at radius 2 is 2.12 bits per heavy atom. The number of rotatable bonds is 8. The number of benzene rings is 1. The van der Waals surface area contributed by atoms with Crippen LogP contribution in [0, 0.1) is 5.41 Å². The van der Waals surface area contributed by atoms with Crippen LogP contribution in [0.4, 0.5) is 0 Å². The van der Waals surface area contributed by atoms with Crippen LogP contribution in [0.1, 0.15) is 43.7 Å². The van der Waals surface area contributed by atoms with Crippen molar-refractivity contribution in [3.8, 4) is 0 Å². The molecule has 3 nitrogen and oxygen atoms in total. The lowest BCUT2D eigenvalue weighted by Gasteiger charge is -2.06. The van der Waals surface area contributed by atoms with E-state index >= 15 is 0 Å². The molecule has 0 heterocycles. The van der Waals surface area contributed by atoms with E-state index in [0.29, 0.717) is 6.61 Å². The fourth-order valence-corrected chi connectivity index (χ4v) is 1.65. The average molecular weight is 234 g/mol. The van der Waals surface area contributed by atoms with E-state index in [0.717, 1.165) is 24.2 Å². The Labute approximate surface area is 103 Å². The van der Waals surface area contributed by atoms with Gasteiger partial charge in [0.15, 0.2) is 0 Å². The highest BCUT2D eigenvalue weighted by molar-refractivity contribution is 5.95. The molecule has 0 aromatic heterocycles. The summed E-state index contributed by atoms with van der Waals surface area (Å²) in [6, 6.07) is 7.66. The average Bonchev–Trinajstić information content (AvgIpc) is 2.34. The fourth-order valence-electron chi connectivity index (χ4n) is 1.65. The zero-order chi connectivity index (χ0) is 12.5. The van der Waals surface area contributed by atoms with Gasteiger partial charge in [0, 0.05) is 12.2 Å². The van der Waals surface area contributed by atoms with Gasteiger partial charge in [-0.2, -0.15) is 0 Å². The van der Waals surface area contributed by atoms with E-state index in [9.17, 15) is 0 Å². The molecular weight excluding hydrogens is 212 g/mol. The lowest BCUT2D eigenvalue weighted by atomic mass is 10.1. The molecule has 0 aliphatic carbocycles. The molecular formula is C14H22N2O. The molecule has 0 unspecified atom stereocenters. The first-order valence-electron chi connectivity index (χ1n) is 6.25. The first kappa shape index (κ1) is 13.7. The summed E-state index contributed by atoms with van der Waals surface area (Å²) in [5, 5.41) is 7.36. The van der Waals surface area contributed by atoms with Crippen molar-refractivity contribution in [2.24, 2.45) is 5.73 Å². The van der Waals surface area contributed by atoms with E-state index in [1.54, 1.807) is 0 Å². The van der Waals surface area contributed by atoms with Gasteiger partial charge in [-0.3, -0.25) is 5.41 Å². The van der Waals surface area contributed by atoms with Crippen LogP contribution in [-0.2, 0) is 11.3 Å². The Morgan fingerprint density at radius 3 is 2.82 bits per heavy atom. The van der Waals surface area contributed by atoms with E-state index in [4.69, 9.17) is 15.9 Å². The predicted octanol–water partition coefficient (Wildman–Crippen LogP) is 3.07. The van der Waals surface area contributed by atoms with Crippen molar-refractivity contribution in [2.45, 2.75) is 39.2 Å². The predicted molar refractivity (Wildman–Crippen MR) is 71.3 cm³/mol. The van der Waals surface area contributed by atoms with E-state index in [-0.39, 0.29) is 5.84 Å². The summed E-state index contributed by atoms with van der Waals surface area (Å²) in [6.07, 6.45) is 4.90. The van der Waals surface area contributed by atoms with Crippen LogP contribution in [0.2, 0.25) is 0 Å². The molecule has 3 heteroatoms. The minimum Gasteiger partial charge on any atom is -0.384 e. The highest BCUT2D eigenvalue weighted by atomic mass is 16.5. The summed E-state index contributed by atoms with van der Waals surface area (Å²) < 4.78 is 5.59. The molecule has 1 rings (SSSR count). The smallest absolute Gasteiger partial charge is 0.122 e. The zero-order valence-electron chi connectivity index (χ0n) is 10.5. The Hall–Kier alpha value is -1.35. The van der Waals surface area contributed by atoms with E-state index < -0.39 is 0 Å². The van der Waals surface area contributed by atoms with Gasteiger partial charge in [-0.15, -0.1) is 0 Å². The minimum absolute atomic E-state index is 0.106. The summed E-state index contributed by atoms with van der Waals surface area (Å²) in [5.41, 5.74) is 7.27. The number of amidine groups is 1. The molecule has 0 saturated carbocycles. The topological polar surface area (TPSA) is 59.1 Å². The second-order valence-electron chi connectivity index (χ2n) is 4.23. The summed E-state index contributed by atoms with van der Waals surface area (Å²) >= 11 is 0. The monoisotopic (exact) mass is 234 g/mol. The molecule has 0 fully saturated rings. The maximum absolute atomic E-state index is 7.36. The van der Waals surface area contributed by atoms with Crippen molar-refractivity contribution in [1.82, 2.24) is 0 Å². The zero-order valence-corrected chi connectivity index (χ0v) is 10.5. The molecule has 0 amide bonds. The summed E-state index contributed by atoms with van der Waals surface area (Å²) in [7, 11) is 0. The molecule has 0 aliphatic heterocycles. The number of unbranched alkanes of at least 4 members (excludes halogenated alkanes) is 3. The van der Waals surface area contributed by atoms with Gasteiger partial charge in [-0.25, -0.2) is 0 Å². The molecule has 0 radical (unpaired) electrons. The van der Waals surface area contributed by atoms with Gasteiger partial charge in [-0.05, 0) is 18.1 Å². The lowest BCUT2D eigenvalue weighted by Crippen LogP contribution is -2.11. The van der Waals surface area contributed by atoms with Crippen molar-refractivity contribution in [1.29, 1.82) is 5.41 Å². The maximum atomic E-state index is 7.36. The van der Waals surface area contributed by atoms with Gasteiger partial charge >= 0.3 is 0 Å². The number of nitrogens with one attached hydrogen (secondary N) is 1. The number of hydrogen-bond acceptors (Lipinski definition) is 2. The van der Waals surface area contributed by atoms with E-state index in [1.165, 1.54) is 19.3 Å². The SMILES string of the molecule is CCCCCCOCc1cccc(C(=N)N)c1. The van der Waals surface area contributed by atoms with Crippen molar-refractivity contribution >= 4 is 5.84 Å². The van der Waals surface area contributed by atoms with Gasteiger partial charge < -0.3 is 10.5 Å². The van der Waals surface area contributed by atoms with Crippen LogP contribution >= 0.6 is 0 Å². The molecule has 0 atom stereocenters. The molecule has 3 N–H and O–H groups in total. The second kappa shape index (κ2) is 7.85. The van der Waals surface area contributed by atoms with Crippen molar-refractivity contribution in [3.63, 3.8) is 0 Å². The highest BCUT2D eigenvalue weighted by Crippen LogP contribution is 2.07. The van der Waals surface area contributed by atoms with Crippen LogP contribution < -0.4 is 5.73 Å². The summed E-state index contributed by atoms with van der Waals surface area (Å²) in [6.45, 7) is 3.62. The van der Waals surface area contributed by atoms with Crippen LogP contribution in [0.5, 0.6) is 0 Å². The molecule has 0 aliphatic rings. The van der Waals surface area contributed by atoms with Crippen molar-refractivity contribution < 1.29 is 4.74 Å². The molecule has 17 heavy (non-hydrogen) atoms. The van der Waals surface area contributed by atoms with Crippen LogP contribution in [0.25, 0.3) is 0 Å². The van der Waals surface area contributed by atoms with E-state index in [1.807, 2.05) is 24.3 Å². The summed E-state index contributed by atoms with van der Waals surface area (Å²) in [5.74, 6) is 0.106. The van der Waals surface area contributed by atoms with Crippen molar-refractivity contribution in [2.75, 3.05) is 6.61 Å². The van der Waals surface area contributed by atoms with Crippen LogP contribution in [-0.4, -0.2) is 12.4 Å². The largest absolute Gasteiger partial charge is 0.384 e. The summed E-state index contributed by atoms with van der Waals surface area (Å²) in [4.78, 5) is 0. The van der Waals surface area contributed by atoms with Crippen LogP contribution in [0.3, 0.4) is 0 Å². The van der Waals surface area contributed by atoms with Crippen LogP contribution in [0.15, 0.2) is 24.3 Å². The molecule has 0 saturated heterocycles. The third-order valence-electron chi connectivity index (χ3n) is 2.65. The normalized spacial score (nSPS) is 10.4. The Bertz CT molecular complexity index is 350. The second-order valence-corrected chi connectivity index (χ2v) is 4.23. The third-order valence-corrected chi connectivity index (χ3v) is 2.65. The maximum Gasteiger partial charge on any atom is 0.122 e. The fraction of sp³-hybridized carbons (Fsp3) is 0.500. The van der Waals surface area contributed by atoms with Crippen molar-refractivity contribution in [3.05, 3.63) is 35.4 Å². The van der Waals surface area contributed by atoms with E-state index in [2.05, 4.69) is 6.92 Å². The van der Waals surface area contributed by atoms with Gasteiger partial charge in [0.1, 0.15) is 5.84 Å². The minimum atomic E-state index is 0.106. The third kappa shape index (κ3) is 5.50. The molecule has 1 aromatic rings. The molecule has 1 aromatic carbocycles. The lowest BCUT2D eigenvalue weighted by molar-refractivity contribution is 0.117. The van der Waals surface area contributed by atoms with Gasteiger partial charge in [-0.1, -0.05) is 44.4 Å². The van der Waals surface area contributed by atoms with Gasteiger partial charge in [0.25, 0.3) is 0 Å². The Morgan fingerprint density at radius 1 is 1.29 bits per heavy atom. The number of ether oxygens (including phenoxy) is 1. The first-order valence-corrected chi connectivity index (χ1v) is 6.25. The first-order chi connectivity index (χ1) is 8.24.